The molecule has 0 saturated heterocycles. The molecule has 0 amide bonds. The van der Waals surface area contributed by atoms with Crippen molar-refractivity contribution in [1.82, 2.24) is 4.98 Å². The maximum absolute atomic E-state index is 6.01. The second-order valence-electron chi connectivity index (χ2n) is 4.17. The molecule has 0 aliphatic carbocycles. The normalized spacial score (nSPS) is 10.8. The zero-order chi connectivity index (χ0) is 13.0. The molecule has 0 spiro atoms. The van der Waals surface area contributed by atoms with Crippen LogP contribution in [0.4, 0.5) is 5.69 Å². The van der Waals surface area contributed by atoms with Crippen LogP contribution in [-0.4, -0.2) is 23.4 Å². The van der Waals surface area contributed by atoms with Crippen LogP contribution in [-0.2, 0) is 0 Å². The molecule has 0 fully saturated rings. The third-order valence-corrected chi connectivity index (χ3v) is 3.46. The Morgan fingerprint density at radius 1 is 1.28 bits per heavy atom. The van der Waals surface area contributed by atoms with Gasteiger partial charge in [0.05, 0.1) is 5.52 Å². The van der Waals surface area contributed by atoms with Gasteiger partial charge in [0, 0.05) is 40.7 Å². The second kappa shape index (κ2) is 6.39. The van der Waals surface area contributed by atoms with E-state index in [1.165, 1.54) is 5.69 Å². The summed E-state index contributed by atoms with van der Waals surface area (Å²) in [5.41, 5.74) is 2.19. The Morgan fingerprint density at radius 2 is 2.11 bits per heavy atom. The molecule has 0 saturated carbocycles. The molecule has 1 aromatic heterocycles. The lowest BCUT2D eigenvalue weighted by Crippen LogP contribution is -2.26. The Balaban J connectivity index is 2.48. The molecule has 4 heteroatoms. The molecule has 0 unspecified atom stereocenters. The first-order valence-corrected chi connectivity index (χ1v) is 7.61. The largest absolute Gasteiger partial charge is 0.370 e. The highest BCUT2D eigenvalue weighted by Crippen LogP contribution is 2.27. The number of hydrogen-bond donors (Lipinski definition) is 0. The fourth-order valence-corrected chi connectivity index (χ4v) is 2.70. The highest BCUT2D eigenvalue weighted by molar-refractivity contribution is 9.09. The number of aromatic nitrogens is 1. The summed E-state index contributed by atoms with van der Waals surface area (Å²) in [6.07, 6.45) is 2.98. The molecule has 18 heavy (non-hydrogen) atoms. The molecule has 0 N–H and O–H groups in total. The number of halogens is 2. The number of hydrogen-bond acceptors (Lipinski definition) is 2. The SMILES string of the molecule is CCCN(CCBr)c1ccnc2cc(Cl)ccc12. The Hall–Kier alpha value is -0.800. The quantitative estimate of drug-likeness (QED) is 0.752. The Morgan fingerprint density at radius 3 is 2.83 bits per heavy atom. The van der Waals surface area contributed by atoms with Gasteiger partial charge >= 0.3 is 0 Å². The lowest BCUT2D eigenvalue weighted by molar-refractivity contribution is 0.800. The van der Waals surface area contributed by atoms with Crippen LogP contribution in [0.5, 0.6) is 0 Å². The van der Waals surface area contributed by atoms with E-state index in [1.807, 2.05) is 18.3 Å². The van der Waals surface area contributed by atoms with E-state index < -0.39 is 0 Å². The van der Waals surface area contributed by atoms with Gasteiger partial charge in [0.25, 0.3) is 0 Å². The van der Waals surface area contributed by atoms with Gasteiger partial charge in [-0.15, -0.1) is 0 Å². The summed E-state index contributed by atoms with van der Waals surface area (Å²) in [4.78, 5) is 6.76. The van der Waals surface area contributed by atoms with Crippen molar-refractivity contribution in [3.8, 4) is 0 Å². The lowest BCUT2D eigenvalue weighted by Gasteiger charge is -2.24. The Kier molecular flexibility index (Phi) is 4.84. The molecule has 0 bridgehead atoms. The average molecular weight is 328 g/mol. The molecule has 0 atom stereocenters. The van der Waals surface area contributed by atoms with Crippen LogP contribution < -0.4 is 4.90 Å². The van der Waals surface area contributed by atoms with Crippen LogP contribution >= 0.6 is 27.5 Å². The number of anilines is 1. The Bertz CT molecular complexity index is 524. The summed E-state index contributed by atoms with van der Waals surface area (Å²) in [6.45, 7) is 4.24. The van der Waals surface area contributed by atoms with Gasteiger partial charge in [-0.2, -0.15) is 0 Å². The number of nitrogens with zero attached hydrogens (tertiary/aromatic N) is 2. The van der Waals surface area contributed by atoms with Crippen LogP contribution in [0.1, 0.15) is 13.3 Å². The van der Waals surface area contributed by atoms with Crippen LogP contribution in [0.3, 0.4) is 0 Å². The first-order chi connectivity index (χ1) is 8.76. The van der Waals surface area contributed by atoms with E-state index in [4.69, 9.17) is 11.6 Å². The van der Waals surface area contributed by atoms with Crippen LogP contribution in [0.2, 0.25) is 5.02 Å². The van der Waals surface area contributed by atoms with Crippen molar-refractivity contribution in [2.24, 2.45) is 0 Å². The van der Waals surface area contributed by atoms with Gasteiger partial charge < -0.3 is 4.90 Å². The molecule has 0 aliphatic heterocycles. The number of fused-ring (bicyclic) bond motifs is 1. The fraction of sp³-hybridized carbons (Fsp3) is 0.357. The second-order valence-corrected chi connectivity index (χ2v) is 5.40. The zero-order valence-electron chi connectivity index (χ0n) is 10.4. The topological polar surface area (TPSA) is 16.1 Å². The summed E-state index contributed by atoms with van der Waals surface area (Å²) in [5, 5.41) is 2.86. The number of benzene rings is 1. The van der Waals surface area contributed by atoms with Crippen LogP contribution in [0.25, 0.3) is 10.9 Å². The van der Waals surface area contributed by atoms with Gasteiger partial charge in [-0.1, -0.05) is 34.5 Å². The summed E-state index contributed by atoms with van der Waals surface area (Å²) in [5.74, 6) is 0. The molecule has 2 nitrogen and oxygen atoms in total. The van der Waals surface area contributed by atoms with E-state index in [-0.39, 0.29) is 0 Å². The summed E-state index contributed by atoms with van der Waals surface area (Å²) >= 11 is 9.53. The van der Waals surface area contributed by atoms with Crippen LogP contribution in [0, 0.1) is 0 Å². The van der Waals surface area contributed by atoms with Crippen molar-refractivity contribution in [3.63, 3.8) is 0 Å². The summed E-state index contributed by atoms with van der Waals surface area (Å²) in [6, 6.07) is 7.97. The summed E-state index contributed by atoms with van der Waals surface area (Å²) < 4.78 is 0. The average Bonchev–Trinajstić information content (AvgIpc) is 2.37. The van der Waals surface area contributed by atoms with Crippen molar-refractivity contribution in [3.05, 3.63) is 35.5 Å². The highest BCUT2D eigenvalue weighted by atomic mass is 79.9. The van der Waals surface area contributed by atoms with E-state index in [1.54, 1.807) is 0 Å². The maximum atomic E-state index is 6.01. The molecular formula is C14H16BrClN2. The highest BCUT2D eigenvalue weighted by Gasteiger charge is 2.09. The van der Waals surface area contributed by atoms with Gasteiger partial charge in [-0.25, -0.2) is 0 Å². The number of alkyl halides is 1. The van der Waals surface area contributed by atoms with E-state index >= 15 is 0 Å². The molecule has 96 valence electrons. The smallest absolute Gasteiger partial charge is 0.0737 e. The predicted octanol–water partition coefficient (Wildman–Crippen LogP) is 4.50. The standard InChI is InChI=1S/C14H16BrClN2/c1-2-8-18(9-6-15)14-5-7-17-13-10-11(16)3-4-12(13)14/h3-5,7,10H,2,6,8-9H2,1H3. The minimum atomic E-state index is 0.731. The van der Waals surface area contributed by atoms with Crippen molar-refractivity contribution in [2.45, 2.75) is 13.3 Å². The monoisotopic (exact) mass is 326 g/mol. The predicted molar refractivity (Wildman–Crippen MR) is 83.1 cm³/mol. The van der Waals surface area contributed by atoms with E-state index in [0.29, 0.717) is 0 Å². The molecule has 0 aliphatic rings. The molecule has 2 rings (SSSR count). The first-order valence-electron chi connectivity index (χ1n) is 6.11. The van der Waals surface area contributed by atoms with Crippen molar-refractivity contribution < 1.29 is 0 Å². The molecule has 0 radical (unpaired) electrons. The molecule has 1 aromatic carbocycles. The minimum absolute atomic E-state index is 0.731. The minimum Gasteiger partial charge on any atom is -0.370 e. The van der Waals surface area contributed by atoms with Crippen molar-refractivity contribution >= 4 is 44.1 Å². The van der Waals surface area contributed by atoms with Crippen molar-refractivity contribution in [1.29, 1.82) is 0 Å². The van der Waals surface area contributed by atoms with Gasteiger partial charge in [0.15, 0.2) is 0 Å². The van der Waals surface area contributed by atoms with E-state index in [2.05, 4.69) is 44.9 Å². The third-order valence-electron chi connectivity index (χ3n) is 2.87. The molecule has 1 heterocycles. The zero-order valence-corrected chi connectivity index (χ0v) is 12.7. The summed E-state index contributed by atoms with van der Waals surface area (Å²) in [7, 11) is 0. The molecule has 2 aromatic rings. The van der Waals surface area contributed by atoms with Gasteiger partial charge in [0.2, 0.25) is 0 Å². The van der Waals surface area contributed by atoms with E-state index in [0.717, 1.165) is 40.8 Å². The van der Waals surface area contributed by atoms with Gasteiger partial charge in [0.1, 0.15) is 0 Å². The van der Waals surface area contributed by atoms with Crippen molar-refractivity contribution in [2.75, 3.05) is 23.3 Å². The maximum Gasteiger partial charge on any atom is 0.0737 e. The fourth-order valence-electron chi connectivity index (χ4n) is 2.11. The van der Waals surface area contributed by atoms with Crippen LogP contribution in [0.15, 0.2) is 30.5 Å². The van der Waals surface area contributed by atoms with Gasteiger partial charge in [-0.3, -0.25) is 4.98 Å². The van der Waals surface area contributed by atoms with Gasteiger partial charge in [-0.05, 0) is 30.7 Å². The Labute approximate surface area is 121 Å². The number of rotatable bonds is 5. The van der Waals surface area contributed by atoms with E-state index in [9.17, 15) is 0 Å². The first kappa shape index (κ1) is 13.6. The third kappa shape index (κ3) is 2.96. The lowest BCUT2D eigenvalue weighted by atomic mass is 10.1. The molecular weight excluding hydrogens is 312 g/mol. The number of pyridine rings is 1.